The van der Waals surface area contributed by atoms with Crippen LogP contribution in [0.1, 0.15) is 59.3 Å². The van der Waals surface area contributed by atoms with Crippen LogP contribution in [0.25, 0.3) is 0 Å². The first kappa shape index (κ1) is 16.9. The molecule has 1 unspecified atom stereocenters. The molecule has 0 amide bonds. The van der Waals surface area contributed by atoms with Gasteiger partial charge in [-0.25, -0.2) is 0 Å². The topological polar surface area (TPSA) is 41.5 Å². The fourth-order valence-electron chi connectivity index (χ4n) is 2.23. The van der Waals surface area contributed by atoms with Crippen molar-refractivity contribution in [2.24, 2.45) is 11.3 Å². The van der Waals surface area contributed by atoms with Crippen LogP contribution in [0.15, 0.2) is 0 Å². The Morgan fingerprint density at radius 3 is 2.68 bits per heavy atom. The van der Waals surface area contributed by atoms with Gasteiger partial charge in [-0.2, -0.15) is 0 Å². The van der Waals surface area contributed by atoms with Gasteiger partial charge >= 0.3 is 0 Å². The van der Waals surface area contributed by atoms with E-state index in [2.05, 4.69) is 26.1 Å². The lowest BCUT2D eigenvalue weighted by Gasteiger charge is -2.25. The average molecular weight is 271 g/mol. The first-order chi connectivity index (χ1) is 9.03. The number of unbranched alkanes of at least 4 members (excludes halogenated alkanes) is 2. The molecule has 114 valence electrons. The first-order valence-electron chi connectivity index (χ1n) is 8.00. The van der Waals surface area contributed by atoms with Crippen molar-refractivity contribution in [3.63, 3.8) is 0 Å². The maximum Gasteiger partial charge on any atom is 0.0897 e. The van der Waals surface area contributed by atoms with E-state index in [0.29, 0.717) is 18.6 Å². The summed E-state index contributed by atoms with van der Waals surface area (Å²) >= 11 is 0. The Bertz CT molecular complexity index is 227. The molecule has 1 aliphatic rings. The van der Waals surface area contributed by atoms with Gasteiger partial charge in [-0.3, -0.25) is 0 Å². The molecule has 0 heterocycles. The summed E-state index contributed by atoms with van der Waals surface area (Å²) in [5.74, 6) is 0.776. The van der Waals surface area contributed by atoms with Gasteiger partial charge in [-0.15, -0.1) is 0 Å². The SMILES string of the molecule is CCCCCC(C)(C)CNCC(O)COCC1CC1. The van der Waals surface area contributed by atoms with E-state index in [1.807, 2.05) is 0 Å². The first-order valence-corrected chi connectivity index (χ1v) is 8.00. The van der Waals surface area contributed by atoms with E-state index in [0.717, 1.165) is 19.1 Å². The van der Waals surface area contributed by atoms with Crippen molar-refractivity contribution in [3.8, 4) is 0 Å². The van der Waals surface area contributed by atoms with Crippen molar-refractivity contribution in [2.45, 2.75) is 65.4 Å². The summed E-state index contributed by atoms with van der Waals surface area (Å²) in [7, 11) is 0. The predicted molar refractivity (Wildman–Crippen MR) is 80.3 cm³/mol. The Labute approximate surface area is 119 Å². The van der Waals surface area contributed by atoms with Crippen LogP contribution in [0.5, 0.6) is 0 Å². The van der Waals surface area contributed by atoms with Gasteiger partial charge in [0.15, 0.2) is 0 Å². The zero-order valence-electron chi connectivity index (χ0n) is 13.1. The zero-order valence-corrected chi connectivity index (χ0v) is 13.1. The highest BCUT2D eigenvalue weighted by atomic mass is 16.5. The molecule has 3 nitrogen and oxygen atoms in total. The summed E-state index contributed by atoms with van der Waals surface area (Å²) in [5.41, 5.74) is 0.323. The molecule has 0 spiro atoms. The van der Waals surface area contributed by atoms with Gasteiger partial charge < -0.3 is 15.2 Å². The predicted octanol–water partition coefficient (Wildman–Crippen LogP) is 2.97. The highest BCUT2D eigenvalue weighted by Crippen LogP contribution is 2.28. The Morgan fingerprint density at radius 1 is 1.32 bits per heavy atom. The van der Waals surface area contributed by atoms with Crippen molar-refractivity contribution in [1.29, 1.82) is 0 Å². The van der Waals surface area contributed by atoms with Gasteiger partial charge in [0.2, 0.25) is 0 Å². The van der Waals surface area contributed by atoms with Crippen molar-refractivity contribution >= 4 is 0 Å². The van der Waals surface area contributed by atoms with Gasteiger partial charge in [0.05, 0.1) is 12.7 Å². The molecule has 1 atom stereocenters. The Kier molecular flexibility index (Phi) is 7.96. The number of aliphatic hydroxyl groups is 1. The number of hydrogen-bond acceptors (Lipinski definition) is 3. The minimum atomic E-state index is -0.370. The molecule has 1 aliphatic carbocycles. The average Bonchev–Trinajstić information content (AvgIpc) is 3.13. The van der Waals surface area contributed by atoms with Crippen molar-refractivity contribution in [2.75, 3.05) is 26.3 Å². The summed E-state index contributed by atoms with van der Waals surface area (Å²) in [5, 5.41) is 13.2. The fraction of sp³-hybridized carbons (Fsp3) is 1.00. The number of aliphatic hydroxyl groups excluding tert-OH is 1. The van der Waals surface area contributed by atoms with Crippen LogP contribution >= 0.6 is 0 Å². The van der Waals surface area contributed by atoms with E-state index < -0.39 is 0 Å². The van der Waals surface area contributed by atoms with Gasteiger partial charge in [0.25, 0.3) is 0 Å². The highest BCUT2D eigenvalue weighted by Gasteiger charge is 2.22. The summed E-state index contributed by atoms with van der Waals surface area (Å²) in [4.78, 5) is 0. The molecule has 0 aliphatic heterocycles. The van der Waals surface area contributed by atoms with Crippen LogP contribution < -0.4 is 5.32 Å². The standard InChI is InChI=1S/C16H33NO2/c1-4-5-6-9-16(2,3)13-17-10-15(18)12-19-11-14-7-8-14/h14-15,17-18H,4-13H2,1-3H3. The van der Waals surface area contributed by atoms with Crippen molar-refractivity contribution in [1.82, 2.24) is 5.32 Å². The second-order valence-electron chi connectivity index (χ2n) is 6.89. The number of ether oxygens (including phenoxy) is 1. The maximum atomic E-state index is 9.81. The molecule has 3 heteroatoms. The molecule has 0 radical (unpaired) electrons. The second kappa shape index (κ2) is 8.93. The van der Waals surface area contributed by atoms with E-state index in [1.165, 1.54) is 38.5 Å². The summed E-state index contributed by atoms with van der Waals surface area (Å²) in [6.45, 7) is 9.75. The zero-order chi connectivity index (χ0) is 14.1. The monoisotopic (exact) mass is 271 g/mol. The second-order valence-corrected chi connectivity index (χ2v) is 6.89. The van der Waals surface area contributed by atoms with Crippen molar-refractivity contribution < 1.29 is 9.84 Å². The van der Waals surface area contributed by atoms with Crippen LogP contribution in [-0.4, -0.2) is 37.5 Å². The quantitative estimate of drug-likeness (QED) is 0.536. The molecule has 1 rings (SSSR count). The highest BCUT2D eigenvalue weighted by molar-refractivity contribution is 4.74. The minimum absolute atomic E-state index is 0.323. The van der Waals surface area contributed by atoms with E-state index in [1.54, 1.807) is 0 Å². The van der Waals surface area contributed by atoms with Gasteiger partial charge in [-0.1, -0.05) is 40.0 Å². The van der Waals surface area contributed by atoms with Gasteiger partial charge in [0.1, 0.15) is 0 Å². The summed E-state index contributed by atoms with van der Waals surface area (Å²) in [6.07, 6.45) is 7.40. The third kappa shape index (κ3) is 9.42. The lowest BCUT2D eigenvalue weighted by molar-refractivity contribution is 0.0314. The van der Waals surface area contributed by atoms with Gasteiger partial charge in [0, 0.05) is 19.7 Å². The van der Waals surface area contributed by atoms with Crippen LogP contribution in [0.3, 0.4) is 0 Å². The lowest BCUT2D eigenvalue weighted by Crippen LogP contribution is -2.36. The van der Waals surface area contributed by atoms with Crippen LogP contribution in [-0.2, 0) is 4.74 Å². The number of nitrogens with one attached hydrogen (secondary N) is 1. The number of rotatable bonds is 12. The molecule has 2 N–H and O–H groups in total. The minimum Gasteiger partial charge on any atom is -0.389 e. The van der Waals surface area contributed by atoms with Crippen LogP contribution in [0.2, 0.25) is 0 Å². The molecular weight excluding hydrogens is 238 g/mol. The Morgan fingerprint density at radius 2 is 2.05 bits per heavy atom. The normalized spacial score (nSPS) is 17.7. The molecule has 0 aromatic heterocycles. The molecule has 0 bridgehead atoms. The Balaban J connectivity index is 1.96. The van der Waals surface area contributed by atoms with E-state index in [9.17, 15) is 5.11 Å². The van der Waals surface area contributed by atoms with Gasteiger partial charge in [-0.05, 0) is 30.6 Å². The molecule has 1 saturated carbocycles. The third-order valence-electron chi connectivity index (χ3n) is 3.80. The van der Waals surface area contributed by atoms with Crippen molar-refractivity contribution in [3.05, 3.63) is 0 Å². The molecule has 1 fully saturated rings. The van der Waals surface area contributed by atoms with E-state index in [4.69, 9.17) is 4.74 Å². The molecule has 0 aromatic carbocycles. The maximum absolute atomic E-state index is 9.81. The Hall–Kier alpha value is -0.120. The summed E-state index contributed by atoms with van der Waals surface area (Å²) < 4.78 is 5.49. The molecule has 0 saturated heterocycles. The van der Waals surface area contributed by atoms with Crippen LogP contribution in [0, 0.1) is 11.3 Å². The largest absolute Gasteiger partial charge is 0.389 e. The molecule has 0 aromatic rings. The fourth-order valence-corrected chi connectivity index (χ4v) is 2.23. The van der Waals surface area contributed by atoms with E-state index >= 15 is 0 Å². The summed E-state index contributed by atoms with van der Waals surface area (Å²) in [6, 6.07) is 0. The van der Waals surface area contributed by atoms with Crippen LogP contribution in [0.4, 0.5) is 0 Å². The lowest BCUT2D eigenvalue weighted by atomic mass is 9.87. The molecule has 19 heavy (non-hydrogen) atoms. The smallest absolute Gasteiger partial charge is 0.0897 e. The number of hydrogen-bond donors (Lipinski definition) is 2. The third-order valence-corrected chi connectivity index (χ3v) is 3.80. The van der Waals surface area contributed by atoms with E-state index in [-0.39, 0.29) is 6.10 Å². The molecular formula is C16H33NO2.